The standard InChI is InChI=1S/C19H37NS/c1-4-19(5-2,21-3)15-20-18-14-10-9-13-17(18)16-11-7-6-8-12-16/h16-18,20H,4-15H2,1-3H3. The van der Waals surface area contributed by atoms with Crippen LogP contribution in [0, 0.1) is 11.8 Å². The summed E-state index contributed by atoms with van der Waals surface area (Å²) in [7, 11) is 0. The van der Waals surface area contributed by atoms with Crippen LogP contribution in [0.15, 0.2) is 0 Å². The molecular weight excluding hydrogens is 274 g/mol. The topological polar surface area (TPSA) is 12.0 Å². The summed E-state index contributed by atoms with van der Waals surface area (Å²) in [4.78, 5) is 0. The first-order valence-corrected chi connectivity index (χ1v) is 10.8. The second-order valence-electron chi connectivity index (χ2n) is 7.43. The van der Waals surface area contributed by atoms with Crippen LogP contribution in [-0.2, 0) is 0 Å². The molecule has 0 aromatic carbocycles. The highest BCUT2D eigenvalue weighted by Crippen LogP contribution is 2.39. The van der Waals surface area contributed by atoms with Crippen molar-refractivity contribution in [2.45, 2.75) is 95.3 Å². The van der Waals surface area contributed by atoms with Gasteiger partial charge in [-0.25, -0.2) is 0 Å². The molecule has 0 aromatic heterocycles. The Hall–Kier alpha value is 0.310. The largest absolute Gasteiger partial charge is 0.312 e. The lowest BCUT2D eigenvalue weighted by Crippen LogP contribution is -2.48. The van der Waals surface area contributed by atoms with Gasteiger partial charge in [-0.05, 0) is 43.8 Å². The molecule has 2 rings (SSSR count). The second kappa shape index (κ2) is 8.82. The van der Waals surface area contributed by atoms with Gasteiger partial charge in [0, 0.05) is 17.3 Å². The SMILES string of the molecule is CCC(CC)(CNC1CCCCC1C1CCCCC1)SC. The van der Waals surface area contributed by atoms with Crippen LogP contribution >= 0.6 is 11.8 Å². The predicted octanol–water partition coefficient (Wildman–Crippen LogP) is 5.64. The Bertz CT molecular complexity index is 273. The van der Waals surface area contributed by atoms with Gasteiger partial charge in [0.2, 0.25) is 0 Å². The average Bonchev–Trinajstić information content (AvgIpc) is 2.58. The second-order valence-corrected chi connectivity index (χ2v) is 8.70. The van der Waals surface area contributed by atoms with Crippen molar-refractivity contribution >= 4 is 11.8 Å². The van der Waals surface area contributed by atoms with Crippen molar-refractivity contribution in [1.82, 2.24) is 5.32 Å². The Kier molecular flexibility index (Phi) is 7.41. The van der Waals surface area contributed by atoms with Gasteiger partial charge in [0.25, 0.3) is 0 Å². The van der Waals surface area contributed by atoms with E-state index in [0.29, 0.717) is 4.75 Å². The fourth-order valence-corrected chi connectivity index (χ4v) is 5.52. The lowest BCUT2D eigenvalue weighted by molar-refractivity contribution is 0.147. The molecule has 0 amide bonds. The molecule has 1 nitrogen and oxygen atoms in total. The van der Waals surface area contributed by atoms with E-state index in [4.69, 9.17) is 0 Å². The molecule has 2 heteroatoms. The van der Waals surface area contributed by atoms with Crippen LogP contribution in [0.3, 0.4) is 0 Å². The van der Waals surface area contributed by atoms with Crippen LogP contribution in [0.5, 0.6) is 0 Å². The quantitative estimate of drug-likeness (QED) is 0.653. The first-order valence-electron chi connectivity index (χ1n) is 9.53. The van der Waals surface area contributed by atoms with Gasteiger partial charge in [0.1, 0.15) is 0 Å². The van der Waals surface area contributed by atoms with Crippen molar-refractivity contribution in [2.24, 2.45) is 11.8 Å². The lowest BCUT2D eigenvalue weighted by Gasteiger charge is -2.41. The van der Waals surface area contributed by atoms with Crippen molar-refractivity contribution in [2.75, 3.05) is 12.8 Å². The highest BCUT2D eigenvalue weighted by molar-refractivity contribution is 8.00. The van der Waals surface area contributed by atoms with Crippen LogP contribution < -0.4 is 5.32 Å². The predicted molar refractivity (Wildman–Crippen MR) is 97.2 cm³/mol. The highest BCUT2D eigenvalue weighted by Gasteiger charge is 2.34. The number of thioether (sulfide) groups is 1. The molecule has 0 aliphatic heterocycles. The minimum absolute atomic E-state index is 0.467. The van der Waals surface area contributed by atoms with Crippen molar-refractivity contribution in [3.63, 3.8) is 0 Å². The molecule has 2 aliphatic rings. The van der Waals surface area contributed by atoms with Crippen molar-refractivity contribution < 1.29 is 0 Å². The Morgan fingerprint density at radius 3 is 2.14 bits per heavy atom. The van der Waals surface area contributed by atoms with Gasteiger partial charge in [-0.1, -0.05) is 58.8 Å². The molecule has 124 valence electrons. The first-order chi connectivity index (χ1) is 10.2. The summed E-state index contributed by atoms with van der Waals surface area (Å²) < 4.78 is 0.467. The van der Waals surface area contributed by atoms with Gasteiger partial charge in [-0.3, -0.25) is 0 Å². The molecule has 21 heavy (non-hydrogen) atoms. The van der Waals surface area contributed by atoms with Gasteiger partial charge < -0.3 is 5.32 Å². The number of nitrogens with one attached hydrogen (secondary N) is 1. The monoisotopic (exact) mass is 311 g/mol. The van der Waals surface area contributed by atoms with Gasteiger partial charge in [0.15, 0.2) is 0 Å². The number of hydrogen-bond acceptors (Lipinski definition) is 2. The summed E-state index contributed by atoms with van der Waals surface area (Å²) in [6.07, 6.45) is 18.2. The summed E-state index contributed by atoms with van der Waals surface area (Å²) in [5.41, 5.74) is 0. The molecule has 2 aliphatic carbocycles. The van der Waals surface area contributed by atoms with Gasteiger partial charge in [0.05, 0.1) is 0 Å². The van der Waals surface area contributed by atoms with Gasteiger partial charge >= 0.3 is 0 Å². The van der Waals surface area contributed by atoms with Crippen molar-refractivity contribution in [1.29, 1.82) is 0 Å². The normalized spacial score (nSPS) is 28.7. The Morgan fingerprint density at radius 1 is 0.905 bits per heavy atom. The molecular formula is C19H37NS. The van der Waals surface area contributed by atoms with E-state index in [9.17, 15) is 0 Å². The van der Waals surface area contributed by atoms with Crippen LogP contribution in [0.2, 0.25) is 0 Å². The minimum Gasteiger partial charge on any atom is -0.312 e. The Morgan fingerprint density at radius 2 is 1.52 bits per heavy atom. The summed E-state index contributed by atoms with van der Waals surface area (Å²) in [5, 5.41) is 4.04. The third kappa shape index (κ3) is 4.64. The smallest absolute Gasteiger partial charge is 0.0276 e. The lowest BCUT2D eigenvalue weighted by atomic mass is 9.71. The molecule has 2 fully saturated rings. The minimum atomic E-state index is 0.467. The highest BCUT2D eigenvalue weighted by atomic mass is 32.2. The fourth-order valence-electron chi connectivity index (χ4n) is 4.72. The van der Waals surface area contributed by atoms with Crippen molar-refractivity contribution in [3.05, 3.63) is 0 Å². The summed E-state index contributed by atoms with van der Waals surface area (Å²) in [5.74, 6) is 2.01. The zero-order valence-corrected chi connectivity index (χ0v) is 15.4. The van der Waals surface area contributed by atoms with E-state index in [2.05, 4.69) is 37.2 Å². The maximum Gasteiger partial charge on any atom is 0.0276 e. The summed E-state index contributed by atoms with van der Waals surface area (Å²) in [6.45, 7) is 5.94. The molecule has 1 N–H and O–H groups in total. The molecule has 0 radical (unpaired) electrons. The van der Waals surface area contributed by atoms with E-state index in [0.717, 1.165) is 17.9 Å². The van der Waals surface area contributed by atoms with Gasteiger partial charge in [-0.2, -0.15) is 11.8 Å². The molecule has 0 aromatic rings. The number of hydrogen-bond donors (Lipinski definition) is 1. The summed E-state index contributed by atoms with van der Waals surface area (Å²) >= 11 is 2.08. The molecule has 0 bridgehead atoms. The van der Waals surface area contributed by atoms with Crippen LogP contribution in [0.25, 0.3) is 0 Å². The molecule has 2 saturated carbocycles. The average molecular weight is 312 g/mol. The number of rotatable bonds is 7. The van der Waals surface area contributed by atoms with Crippen LogP contribution in [-0.4, -0.2) is 23.6 Å². The molecule has 2 atom stereocenters. The molecule has 0 spiro atoms. The zero-order valence-electron chi connectivity index (χ0n) is 14.6. The van der Waals surface area contributed by atoms with Crippen LogP contribution in [0.4, 0.5) is 0 Å². The van der Waals surface area contributed by atoms with E-state index in [1.165, 1.54) is 77.2 Å². The maximum atomic E-state index is 4.04. The molecule has 0 saturated heterocycles. The maximum absolute atomic E-state index is 4.04. The van der Waals surface area contributed by atoms with E-state index in [1.54, 1.807) is 0 Å². The van der Waals surface area contributed by atoms with E-state index in [1.807, 2.05) is 0 Å². The summed E-state index contributed by atoms with van der Waals surface area (Å²) in [6, 6.07) is 0.812. The first kappa shape index (κ1) is 17.7. The fraction of sp³-hybridized carbons (Fsp3) is 1.00. The Balaban J connectivity index is 1.92. The van der Waals surface area contributed by atoms with Crippen LogP contribution in [0.1, 0.15) is 84.5 Å². The Labute approximate surface area is 137 Å². The third-order valence-corrected chi connectivity index (χ3v) is 8.07. The van der Waals surface area contributed by atoms with E-state index in [-0.39, 0.29) is 0 Å². The van der Waals surface area contributed by atoms with Crippen molar-refractivity contribution in [3.8, 4) is 0 Å². The van der Waals surface area contributed by atoms with E-state index >= 15 is 0 Å². The molecule has 0 heterocycles. The van der Waals surface area contributed by atoms with E-state index < -0.39 is 0 Å². The third-order valence-electron chi connectivity index (χ3n) is 6.48. The zero-order chi connectivity index (χ0) is 15.1. The molecule has 2 unspecified atom stereocenters. The van der Waals surface area contributed by atoms with Gasteiger partial charge in [-0.15, -0.1) is 0 Å².